The van der Waals surface area contributed by atoms with Crippen molar-refractivity contribution in [3.63, 3.8) is 0 Å². The molecule has 0 aliphatic heterocycles. The van der Waals surface area contributed by atoms with Crippen LogP contribution >= 0.6 is 11.8 Å². The number of carbonyl (C=O) groups is 1. The van der Waals surface area contributed by atoms with E-state index in [1.807, 2.05) is 47.1 Å². The van der Waals surface area contributed by atoms with Gasteiger partial charge in [-0.3, -0.25) is 4.79 Å². The normalized spacial score (nSPS) is 15.2. The van der Waals surface area contributed by atoms with E-state index in [4.69, 9.17) is 0 Å². The van der Waals surface area contributed by atoms with Gasteiger partial charge in [-0.1, -0.05) is 61.0 Å². The van der Waals surface area contributed by atoms with Gasteiger partial charge in [0.15, 0.2) is 5.78 Å². The highest BCUT2D eigenvalue weighted by molar-refractivity contribution is 7.99. The molecule has 4 rings (SSSR count). The fraction of sp³-hybridized carbons (Fsp3) is 0.333. The summed E-state index contributed by atoms with van der Waals surface area (Å²) in [6, 6.07) is 14.3. The molecule has 3 aromatic rings. The minimum Gasteiger partial charge on any atom is -0.293 e. The minimum atomic E-state index is 0.103. The number of hydrogen-bond donors (Lipinski definition) is 0. The molecule has 1 aromatic heterocycles. The predicted molar refractivity (Wildman–Crippen MR) is 94.3 cm³/mol. The van der Waals surface area contributed by atoms with Gasteiger partial charge < -0.3 is 0 Å². The smallest absolute Gasteiger partial charge is 0.210 e. The zero-order chi connectivity index (χ0) is 16.4. The van der Waals surface area contributed by atoms with E-state index >= 15 is 0 Å². The van der Waals surface area contributed by atoms with E-state index in [0.717, 1.165) is 34.3 Å². The molecule has 1 aliphatic rings. The van der Waals surface area contributed by atoms with Crippen LogP contribution in [0.15, 0.2) is 47.6 Å². The van der Waals surface area contributed by atoms with Crippen molar-refractivity contribution in [1.29, 1.82) is 0 Å². The molecule has 0 bridgehead atoms. The Morgan fingerprint density at radius 3 is 2.75 bits per heavy atom. The van der Waals surface area contributed by atoms with Crippen LogP contribution in [0.25, 0.3) is 10.8 Å². The summed E-state index contributed by atoms with van der Waals surface area (Å²) in [4.78, 5) is 12.5. The van der Waals surface area contributed by atoms with Crippen molar-refractivity contribution in [2.45, 2.75) is 36.9 Å². The Morgan fingerprint density at radius 2 is 1.92 bits per heavy atom. The average molecular weight is 338 g/mol. The van der Waals surface area contributed by atoms with E-state index in [-0.39, 0.29) is 5.78 Å². The maximum absolute atomic E-state index is 12.5. The van der Waals surface area contributed by atoms with Crippen LogP contribution in [-0.4, -0.2) is 31.7 Å². The van der Waals surface area contributed by atoms with Crippen LogP contribution in [0.1, 0.15) is 42.1 Å². The molecule has 2 aromatic carbocycles. The Labute approximate surface area is 144 Å². The SMILES string of the molecule is O=C(CSc1nnnn1C1CCCC1)c1ccc2ccccc2c1. The Bertz CT molecular complexity index is 870. The van der Waals surface area contributed by atoms with Crippen LogP contribution in [0.4, 0.5) is 0 Å². The lowest BCUT2D eigenvalue weighted by Gasteiger charge is -2.10. The molecule has 0 saturated heterocycles. The number of carbonyl (C=O) groups excluding carboxylic acids is 1. The second-order valence-electron chi connectivity index (χ2n) is 6.12. The third kappa shape index (κ3) is 3.06. The molecule has 0 amide bonds. The minimum absolute atomic E-state index is 0.103. The van der Waals surface area contributed by atoms with E-state index in [2.05, 4.69) is 15.5 Å². The molecular weight excluding hydrogens is 320 g/mol. The number of aromatic nitrogens is 4. The second-order valence-corrected chi connectivity index (χ2v) is 7.06. The molecule has 6 heteroatoms. The van der Waals surface area contributed by atoms with Gasteiger partial charge in [-0.05, 0) is 40.1 Å². The van der Waals surface area contributed by atoms with E-state index in [0.29, 0.717) is 11.8 Å². The average Bonchev–Trinajstić information content (AvgIpc) is 3.30. The number of tetrazole rings is 1. The van der Waals surface area contributed by atoms with Crippen molar-refractivity contribution in [2.24, 2.45) is 0 Å². The summed E-state index contributed by atoms with van der Waals surface area (Å²) in [7, 11) is 0. The highest BCUT2D eigenvalue weighted by atomic mass is 32.2. The molecule has 0 N–H and O–H groups in total. The maximum atomic E-state index is 12.5. The number of thioether (sulfide) groups is 1. The molecule has 0 spiro atoms. The number of fused-ring (bicyclic) bond motifs is 1. The van der Waals surface area contributed by atoms with Gasteiger partial charge in [0.05, 0.1) is 11.8 Å². The number of rotatable bonds is 5. The van der Waals surface area contributed by atoms with Crippen molar-refractivity contribution in [3.8, 4) is 0 Å². The van der Waals surface area contributed by atoms with Crippen molar-refractivity contribution >= 4 is 28.3 Å². The van der Waals surface area contributed by atoms with Crippen molar-refractivity contribution in [1.82, 2.24) is 20.2 Å². The zero-order valence-corrected chi connectivity index (χ0v) is 14.1. The lowest BCUT2D eigenvalue weighted by Crippen LogP contribution is -2.10. The van der Waals surface area contributed by atoms with E-state index in [1.165, 1.54) is 24.6 Å². The first kappa shape index (κ1) is 15.3. The predicted octanol–water partition coefficient (Wildman–Crippen LogP) is 3.92. The molecule has 0 unspecified atom stereocenters. The highest BCUT2D eigenvalue weighted by Gasteiger charge is 2.22. The highest BCUT2D eigenvalue weighted by Crippen LogP contribution is 2.31. The number of Topliss-reactive ketones (excluding diaryl/α,β-unsaturated/α-hetero) is 1. The van der Waals surface area contributed by atoms with E-state index < -0.39 is 0 Å². The Hall–Kier alpha value is -2.21. The van der Waals surface area contributed by atoms with Crippen LogP contribution < -0.4 is 0 Å². The first-order chi connectivity index (χ1) is 11.8. The fourth-order valence-electron chi connectivity index (χ4n) is 3.23. The van der Waals surface area contributed by atoms with Gasteiger partial charge in [0.1, 0.15) is 0 Å². The first-order valence-corrected chi connectivity index (χ1v) is 9.22. The third-order valence-electron chi connectivity index (χ3n) is 4.54. The third-order valence-corrected chi connectivity index (χ3v) is 5.47. The molecule has 1 aliphatic carbocycles. The van der Waals surface area contributed by atoms with Crippen molar-refractivity contribution in [3.05, 3.63) is 48.0 Å². The molecule has 5 nitrogen and oxygen atoms in total. The van der Waals surface area contributed by atoms with Gasteiger partial charge in [0.25, 0.3) is 0 Å². The maximum Gasteiger partial charge on any atom is 0.210 e. The molecule has 0 atom stereocenters. The summed E-state index contributed by atoms with van der Waals surface area (Å²) in [5, 5.41) is 15.0. The quantitative estimate of drug-likeness (QED) is 0.521. The van der Waals surface area contributed by atoms with Gasteiger partial charge in [-0.2, -0.15) is 0 Å². The molecule has 122 valence electrons. The zero-order valence-electron chi connectivity index (χ0n) is 13.3. The van der Waals surface area contributed by atoms with Crippen LogP contribution in [0, 0.1) is 0 Å². The first-order valence-electron chi connectivity index (χ1n) is 8.24. The van der Waals surface area contributed by atoms with Crippen LogP contribution in [-0.2, 0) is 0 Å². The summed E-state index contributed by atoms with van der Waals surface area (Å²) >= 11 is 1.43. The molecule has 24 heavy (non-hydrogen) atoms. The summed E-state index contributed by atoms with van der Waals surface area (Å²) in [6.45, 7) is 0. The van der Waals surface area contributed by atoms with Crippen LogP contribution in [0.5, 0.6) is 0 Å². The molecule has 0 radical (unpaired) electrons. The number of hydrogen-bond acceptors (Lipinski definition) is 5. The second kappa shape index (κ2) is 6.73. The molecular formula is C18H18N4OS. The monoisotopic (exact) mass is 338 g/mol. The van der Waals surface area contributed by atoms with E-state index in [9.17, 15) is 4.79 Å². The number of ketones is 1. The summed E-state index contributed by atoms with van der Waals surface area (Å²) < 4.78 is 1.89. The van der Waals surface area contributed by atoms with Crippen molar-refractivity contribution < 1.29 is 4.79 Å². The van der Waals surface area contributed by atoms with Gasteiger partial charge in [-0.15, -0.1) is 5.10 Å². The Morgan fingerprint density at radius 1 is 1.12 bits per heavy atom. The summed E-state index contributed by atoms with van der Waals surface area (Å²) in [5.74, 6) is 0.456. The van der Waals surface area contributed by atoms with E-state index in [1.54, 1.807) is 0 Å². The van der Waals surface area contributed by atoms with Crippen molar-refractivity contribution in [2.75, 3.05) is 5.75 Å². The molecule has 1 saturated carbocycles. The molecule has 1 fully saturated rings. The molecule has 1 heterocycles. The number of nitrogens with zero attached hydrogens (tertiary/aromatic N) is 4. The van der Waals surface area contributed by atoms with Crippen LogP contribution in [0.2, 0.25) is 0 Å². The number of benzene rings is 2. The lowest BCUT2D eigenvalue weighted by atomic mass is 10.1. The van der Waals surface area contributed by atoms with Gasteiger partial charge in [0.2, 0.25) is 5.16 Å². The lowest BCUT2D eigenvalue weighted by molar-refractivity contribution is 0.102. The van der Waals surface area contributed by atoms with Crippen LogP contribution in [0.3, 0.4) is 0 Å². The fourth-order valence-corrected chi connectivity index (χ4v) is 4.07. The summed E-state index contributed by atoms with van der Waals surface area (Å²) in [5.41, 5.74) is 0.737. The van der Waals surface area contributed by atoms with Gasteiger partial charge in [-0.25, -0.2) is 4.68 Å². The summed E-state index contributed by atoms with van der Waals surface area (Å²) in [6.07, 6.45) is 4.70. The topological polar surface area (TPSA) is 60.7 Å². The Kier molecular flexibility index (Phi) is 4.30. The largest absolute Gasteiger partial charge is 0.293 e. The van der Waals surface area contributed by atoms with Gasteiger partial charge in [0, 0.05) is 5.56 Å². The van der Waals surface area contributed by atoms with Gasteiger partial charge >= 0.3 is 0 Å². The Balaban J connectivity index is 1.47. The standard InChI is InChI=1S/C18H18N4OS/c23-17(15-10-9-13-5-1-2-6-14(13)11-15)12-24-18-19-20-21-22(18)16-7-3-4-8-16/h1-2,5-6,9-11,16H,3-4,7-8,12H2.